The van der Waals surface area contributed by atoms with E-state index in [9.17, 15) is 4.79 Å². The average Bonchev–Trinajstić information content (AvgIpc) is 3.12. The molecule has 0 aliphatic carbocycles. The summed E-state index contributed by atoms with van der Waals surface area (Å²) in [4.78, 5) is 16.7. The van der Waals surface area contributed by atoms with Crippen LogP contribution in [0.5, 0.6) is 17.2 Å². The van der Waals surface area contributed by atoms with Gasteiger partial charge in [0.1, 0.15) is 5.75 Å². The van der Waals surface area contributed by atoms with Crippen LogP contribution in [0.2, 0.25) is 0 Å². The number of carbonyl (C=O) groups excluding carboxylic acids is 1. The smallest absolute Gasteiger partial charge is 0.363 e. The summed E-state index contributed by atoms with van der Waals surface area (Å²) in [5.74, 6) is 1.38. The van der Waals surface area contributed by atoms with Crippen molar-refractivity contribution < 1.29 is 23.7 Å². The molecule has 0 fully saturated rings. The standard InChI is InChI=1S/C23H25NO5/c1-5-6-7-15-8-10-16(11-9-15)22-24-18(23(25)29-22)12-17-13-20(27-3)21(28-4)14-19(17)26-2/h8-14H,5-7H2,1-4H3/b18-12-. The monoisotopic (exact) mass is 395 g/mol. The lowest BCUT2D eigenvalue weighted by molar-refractivity contribution is -0.129. The lowest BCUT2D eigenvalue weighted by atomic mass is 10.1. The topological polar surface area (TPSA) is 66.3 Å². The number of rotatable bonds is 8. The number of hydrogen-bond acceptors (Lipinski definition) is 6. The van der Waals surface area contributed by atoms with Crippen molar-refractivity contribution >= 4 is 17.9 Å². The van der Waals surface area contributed by atoms with E-state index in [-0.39, 0.29) is 5.70 Å². The van der Waals surface area contributed by atoms with Crippen molar-refractivity contribution in [3.8, 4) is 17.2 Å². The summed E-state index contributed by atoms with van der Waals surface area (Å²) < 4.78 is 21.4. The highest BCUT2D eigenvalue weighted by Gasteiger charge is 2.25. The van der Waals surface area contributed by atoms with Gasteiger partial charge >= 0.3 is 5.97 Å². The van der Waals surface area contributed by atoms with Crippen LogP contribution in [0, 0.1) is 0 Å². The molecule has 0 amide bonds. The molecule has 3 rings (SSSR count). The number of cyclic esters (lactones) is 1. The van der Waals surface area contributed by atoms with E-state index >= 15 is 0 Å². The fourth-order valence-electron chi connectivity index (χ4n) is 3.04. The second kappa shape index (κ2) is 9.28. The van der Waals surface area contributed by atoms with Gasteiger partial charge in [-0.25, -0.2) is 9.79 Å². The molecule has 0 N–H and O–H groups in total. The first-order valence-corrected chi connectivity index (χ1v) is 9.51. The Morgan fingerprint density at radius 2 is 1.62 bits per heavy atom. The van der Waals surface area contributed by atoms with Crippen LogP contribution >= 0.6 is 0 Å². The summed E-state index contributed by atoms with van der Waals surface area (Å²) in [6.07, 6.45) is 4.95. The predicted octanol–water partition coefficient (Wildman–Crippen LogP) is 4.40. The van der Waals surface area contributed by atoms with E-state index in [4.69, 9.17) is 18.9 Å². The zero-order chi connectivity index (χ0) is 20.8. The molecule has 2 aromatic carbocycles. The minimum atomic E-state index is -0.508. The normalized spacial score (nSPS) is 14.6. The molecule has 29 heavy (non-hydrogen) atoms. The number of carbonyl (C=O) groups is 1. The molecule has 0 spiro atoms. The van der Waals surface area contributed by atoms with Crippen molar-refractivity contribution in [2.24, 2.45) is 4.99 Å². The van der Waals surface area contributed by atoms with Gasteiger partial charge in [0.2, 0.25) is 5.90 Å². The van der Waals surface area contributed by atoms with E-state index in [1.165, 1.54) is 5.56 Å². The maximum atomic E-state index is 12.3. The van der Waals surface area contributed by atoms with Gasteiger partial charge in [0.15, 0.2) is 17.2 Å². The van der Waals surface area contributed by atoms with Crippen LogP contribution in [0.3, 0.4) is 0 Å². The molecule has 1 aliphatic rings. The van der Waals surface area contributed by atoms with Crippen molar-refractivity contribution in [3.63, 3.8) is 0 Å². The van der Waals surface area contributed by atoms with Crippen molar-refractivity contribution in [1.82, 2.24) is 0 Å². The molecule has 1 heterocycles. The van der Waals surface area contributed by atoms with Crippen LogP contribution in [-0.4, -0.2) is 33.2 Å². The Labute approximate surface area is 170 Å². The first-order chi connectivity index (χ1) is 14.1. The van der Waals surface area contributed by atoms with E-state index in [1.807, 2.05) is 24.3 Å². The first kappa shape index (κ1) is 20.5. The van der Waals surface area contributed by atoms with Crippen molar-refractivity contribution in [2.75, 3.05) is 21.3 Å². The van der Waals surface area contributed by atoms with Crippen molar-refractivity contribution in [1.29, 1.82) is 0 Å². The van der Waals surface area contributed by atoms with Crippen LogP contribution in [0.1, 0.15) is 36.5 Å². The highest BCUT2D eigenvalue weighted by molar-refractivity contribution is 6.13. The number of hydrogen-bond donors (Lipinski definition) is 0. The van der Waals surface area contributed by atoms with E-state index in [2.05, 4.69) is 11.9 Å². The fraction of sp³-hybridized carbons (Fsp3) is 0.304. The minimum absolute atomic E-state index is 0.195. The molecular weight excluding hydrogens is 370 g/mol. The maximum absolute atomic E-state index is 12.3. The molecule has 6 nitrogen and oxygen atoms in total. The third kappa shape index (κ3) is 4.59. The molecule has 1 aliphatic heterocycles. The molecule has 0 bridgehead atoms. The molecule has 0 radical (unpaired) electrons. The van der Waals surface area contributed by atoms with Crippen LogP contribution in [0.15, 0.2) is 47.1 Å². The van der Waals surface area contributed by atoms with Gasteiger partial charge in [-0.05, 0) is 42.7 Å². The summed E-state index contributed by atoms with van der Waals surface area (Å²) in [5, 5.41) is 0. The molecule has 2 aromatic rings. The van der Waals surface area contributed by atoms with Gasteiger partial charge in [-0.2, -0.15) is 0 Å². The van der Waals surface area contributed by atoms with Crippen LogP contribution in [0.25, 0.3) is 6.08 Å². The second-order valence-corrected chi connectivity index (χ2v) is 6.59. The zero-order valence-corrected chi connectivity index (χ0v) is 17.2. The third-order valence-corrected chi connectivity index (χ3v) is 4.67. The van der Waals surface area contributed by atoms with Crippen molar-refractivity contribution in [3.05, 3.63) is 58.8 Å². The first-order valence-electron chi connectivity index (χ1n) is 9.51. The van der Waals surface area contributed by atoms with Crippen molar-refractivity contribution in [2.45, 2.75) is 26.2 Å². The summed E-state index contributed by atoms with van der Waals surface area (Å²) in [5.41, 5.74) is 2.85. The van der Waals surface area contributed by atoms with E-state index < -0.39 is 5.97 Å². The van der Waals surface area contributed by atoms with Crippen LogP contribution < -0.4 is 14.2 Å². The van der Waals surface area contributed by atoms with E-state index in [1.54, 1.807) is 39.5 Å². The maximum Gasteiger partial charge on any atom is 0.363 e. The molecule has 0 atom stereocenters. The fourth-order valence-corrected chi connectivity index (χ4v) is 3.04. The number of methoxy groups -OCH3 is 3. The number of aliphatic imine (C=N–C) groups is 1. The van der Waals surface area contributed by atoms with Crippen LogP contribution in [-0.2, 0) is 16.0 Å². The number of aryl methyl sites for hydroxylation is 1. The van der Waals surface area contributed by atoms with Gasteiger partial charge < -0.3 is 18.9 Å². The molecule has 0 saturated heterocycles. The van der Waals surface area contributed by atoms with Crippen LogP contribution in [0.4, 0.5) is 0 Å². The van der Waals surface area contributed by atoms with Gasteiger partial charge in [0.25, 0.3) is 0 Å². The van der Waals surface area contributed by atoms with Gasteiger partial charge in [0.05, 0.1) is 21.3 Å². The summed E-state index contributed by atoms with van der Waals surface area (Å²) >= 11 is 0. The number of esters is 1. The molecule has 0 unspecified atom stereocenters. The zero-order valence-electron chi connectivity index (χ0n) is 17.2. The molecule has 0 saturated carbocycles. The summed E-state index contributed by atoms with van der Waals surface area (Å²) in [6, 6.07) is 11.4. The Morgan fingerprint density at radius 1 is 0.966 bits per heavy atom. The molecule has 152 valence electrons. The lowest BCUT2D eigenvalue weighted by Gasteiger charge is -2.12. The third-order valence-electron chi connectivity index (χ3n) is 4.67. The van der Waals surface area contributed by atoms with Gasteiger partial charge in [-0.15, -0.1) is 0 Å². The average molecular weight is 395 g/mol. The second-order valence-electron chi connectivity index (χ2n) is 6.59. The Bertz CT molecular complexity index is 944. The number of unbranched alkanes of at least 4 members (excludes halogenated alkanes) is 1. The highest BCUT2D eigenvalue weighted by atomic mass is 16.6. The highest BCUT2D eigenvalue weighted by Crippen LogP contribution is 2.36. The Morgan fingerprint density at radius 3 is 2.24 bits per heavy atom. The largest absolute Gasteiger partial charge is 0.496 e. The summed E-state index contributed by atoms with van der Waals surface area (Å²) in [7, 11) is 4.64. The molecule has 6 heteroatoms. The quantitative estimate of drug-likeness (QED) is 0.490. The Balaban J connectivity index is 1.90. The van der Waals surface area contributed by atoms with E-state index in [0.29, 0.717) is 28.7 Å². The number of benzene rings is 2. The van der Waals surface area contributed by atoms with Gasteiger partial charge in [-0.3, -0.25) is 0 Å². The SMILES string of the molecule is CCCCc1ccc(C2=N/C(=C\c3cc(OC)c(OC)cc3OC)C(=O)O2)cc1. The van der Waals surface area contributed by atoms with E-state index in [0.717, 1.165) is 24.8 Å². The summed E-state index contributed by atoms with van der Waals surface area (Å²) in [6.45, 7) is 2.17. The Kier molecular flexibility index (Phi) is 6.54. The minimum Gasteiger partial charge on any atom is -0.496 e. The molecule has 0 aromatic heterocycles. The number of ether oxygens (including phenoxy) is 4. The lowest BCUT2D eigenvalue weighted by Crippen LogP contribution is -2.05. The van der Waals surface area contributed by atoms with Gasteiger partial charge in [-0.1, -0.05) is 25.5 Å². The predicted molar refractivity (Wildman–Crippen MR) is 112 cm³/mol. The molecular formula is C23H25NO5. The van der Waals surface area contributed by atoms with Gasteiger partial charge in [0, 0.05) is 17.2 Å². The Hall–Kier alpha value is -3.28. The number of nitrogens with zero attached hydrogens (tertiary/aromatic N) is 1.